The Labute approximate surface area is 86.6 Å². The molecule has 1 fully saturated rings. The van der Waals surface area contributed by atoms with E-state index in [9.17, 15) is 4.89 Å². The minimum Gasteiger partial charge on any atom is -0.251 e. The van der Waals surface area contributed by atoms with Crippen molar-refractivity contribution < 1.29 is 4.89 Å². The van der Waals surface area contributed by atoms with Crippen LogP contribution in [0.2, 0.25) is 0 Å². The molecule has 1 aliphatic rings. The van der Waals surface area contributed by atoms with Gasteiger partial charge < -0.3 is 0 Å². The van der Waals surface area contributed by atoms with Gasteiger partial charge in [-0.25, -0.2) is 0 Å². The van der Waals surface area contributed by atoms with Crippen LogP contribution in [0.15, 0.2) is 30.3 Å². The van der Waals surface area contributed by atoms with E-state index >= 15 is 0 Å². The first-order chi connectivity index (χ1) is 6.79. The Morgan fingerprint density at radius 1 is 1.00 bits per heavy atom. The average molecular weight is 209 g/mol. The van der Waals surface area contributed by atoms with Gasteiger partial charge in [-0.15, -0.1) is 0 Å². The summed E-state index contributed by atoms with van der Waals surface area (Å²) < 4.78 is 0. The molecule has 1 aromatic carbocycles. The second kappa shape index (κ2) is 4.42. The van der Waals surface area contributed by atoms with Crippen molar-refractivity contribution in [2.45, 2.75) is 25.4 Å². The van der Waals surface area contributed by atoms with Crippen molar-refractivity contribution >= 4 is 7.49 Å². The van der Waals surface area contributed by atoms with Crippen molar-refractivity contribution in [1.29, 1.82) is 0 Å². The second-order valence-electron chi connectivity index (χ2n) is 4.25. The Hall–Kier alpha value is -0.390. The normalized spacial score (nSPS) is 20.6. The minimum atomic E-state index is -1.59. The molecule has 1 aliphatic heterocycles. The molecular formula is C12H18OP+. The lowest BCUT2D eigenvalue weighted by molar-refractivity contribution is 0.565. The fraction of sp³-hybridized carbons (Fsp3) is 0.500. The van der Waals surface area contributed by atoms with Crippen molar-refractivity contribution in [3.05, 3.63) is 35.9 Å². The molecule has 1 aromatic rings. The SMILES string of the molecule is O[P+]1(Cc2ccccc2)CCCCC1. The van der Waals surface area contributed by atoms with Gasteiger partial charge in [-0.1, -0.05) is 30.3 Å². The first kappa shape index (κ1) is 10.1. The summed E-state index contributed by atoms with van der Waals surface area (Å²) in [5.74, 6) is 0. The third-order valence-corrected chi connectivity index (χ3v) is 6.22. The molecule has 76 valence electrons. The number of hydrogen-bond acceptors (Lipinski definition) is 1. The molecule has 0 saturated carbocycles. The van der Waals surface area contributed by atoms with Crippen molar-refractivity contribution in [3.8, 4) is 0 Å². The maximum atomic E-state index is 10.4. The summed E-state index contributed by atoms with van der Waals surface area (Å²) in [7, 11) is -1.59. The topological polar surface area (TPSA) is 20.2 Å². The van der Waals surface area contributed by atoms with Crippen LogP contribution >= 0.6 is 7.49 Å². The zero-order chi connectivity index (χ0) is 9.86. The van der Waals surface area contributed by atoms with Gasteiger partial charge in [-0.2, -0.15) is 0 Å². The van der Waals surface area contributed by atoms with Gasteiger partial charge in [0, 0.05) is 0 Å². The fourth-order valence-corrected chi connectivity index (χ4v) is 5.24. The summed E-state index contributed by atoms with van der Waals surface area (Å²) in [6, 6.07) is 10.4. The Morgan fingerprint density at radius 3 is 2.29 bits per heavy atom. The molecule has 14 heavy (non-hydrogen) atoms. The molecule has 0 spiro atoms. The lowest BCUT2D eigenvalue weighted by atomic mass is 10.2. The highest BCUT2D eigenvalue weighted by molar-refractivity contribution is 7.69. The fourth-order valence-electron chi connectivity index (χ4n) is 2.18. The van der Waals surface area contributed by atoms with Crippen molar-refractivity contribution in [3.63, 3.8) is 0 Å². The van der Waals surface area contributed by atoms with Crippen molar-refractivity contribution in [2.75, 3.05) is 12.3 Å². The van der Waals surface area contributed by atoms with Crippen LogP contribution in [-0.2, 0) is 6.16 Å². The summed E-state index contributed by atoms with van der Waals surface area (Å²) in [6.45, 7) is 0. The molecule has 1 nitrogen and oxygen atoms in total. The third-order valence-electron chi connectivity index (χ3n) is 2.97. The first-order valence-electron chi connectivity index (χ1n) is 5.41. The zero-order valence-corrected chi connectivity index (χ0v) is 9.42. The van der Waals surface area contributed by atoms with E-state index in [1.165, 1.54) is 24.8 Å². The van der Waals surface area contributed by atoms with Gasteiger partial charge in [0.1, 0.15) is 13.7 Å². The molecule has 0 atom stereocenters. The highest BCUT2D eigenvalue weighted by atomic mass is 31.2. The summed E-state index contributed by atoms with van der Waals surface area (Å²) in [4.78, 5) is 10.4. The van der Waals surface area contributed by atoms with Crippen LogP contribution in [0.4, 0.5) is 0 Å². The highest BCUT2D eigenvalue weighted by Gasteiger charge is 2.37. The molecule has 2 heteroatoms. The van der Waals surface area contributed by atoms with E-state index in [2.05, 4.69) is 24.3 Å². The molecule has 0 amide bonds. The molecule has 0 aliphatic carbocycles. The van der Waals surface area contributed by atoms with E-state index in [0.29, 0.717) is 0 Å². The monoisotopic (exact) mass is 209 g/mol. The molecule has 0 radical (unpaired) electrons. The Morgan fingerprint density at radius 2 is 1.64 bits per heavy atom. The summed E-state index contributed by atoms with van der Waals surface area (Å²) in [5, 5.41) is 0. The van der Waals surface area contributed by atoms with Crippen LogP contribution in [0.3, 0.4) is 0 Å². The molecule has 0 bridgehead atoms. The molecule has 1 heterocycles. The standard InChI is InChI=1S/C12H18OP/c13-14(9-5-2-6-10-14)11-12-7-3-1-4-8-12/h1,3-4,7-8,13H,2,5-6,9-11H2/q+1. The van der Waals surface area contributed by atoms with E-state index in [1.54, 1.807) is 0 Å². The van der Waals surface area contributed by atoms with Gasteiger partial charge in [0.25, 0.3) is 0 Å². The first-order valence-corrected chi connectivity index (χ1v) is 7.71. The lowest BCUT2D eigenvalue weighted by Gasteiger charge is -2.24. The van der Waals surface area contributed by atoms with Crippen LogP contribution in [0.1, 0.15) is 24.8 Å². The Kier molecular flexibility index (Phi) is 3.20. The van der Waals surface area contributed by atoms with Crippen LogP contribution in [0.25, 0.3) is 0 Å². The maximum absolute atomic E-state index is 10.4. The number of hydrogen-bond donors (Lipinski definition) is 1. The number of rotatable bonds is 2. The quantitative estimate of drug-likeness (QED) is 0.741. The van der Waals surface area contributed by atoms with E-state index < -0.39 is 7.49 Å². The maximum Gasteiger partial charge on any atom is 0.146 e. The van der Waals surface area contributed by atoms with E-state index in [1.807, 2.05) is 6.07 Å². The lowest BCUT2D eigenvalue weighted by Crippen LogP contribution is -2.11. The van der Waals surface area contributed by atoms with Crippen LogP contribution in [0.5, 0.6) is 0 Å². The van der Waals surface area contributed by atoms with E-state index in [0.717, 1.165) is 18.5 Å². The minimum absolute atomic E-state index is 0.938. The van der Waals surface area contributed by atoms with Gasteiger partial charge in [0.05, 0.1) is 12.3 Å². The predicted octanol–water partition coefficient (Wildman–Crippen LogP) is 3.30. The molecule has 1 saturated heterocycles. The highest BCUT2D eigenvalue weighted by Crippen LogP contribution is 2.60. The number of benzene rings is 1. The van der Waals surface area contributed by atoms with Gasteiger partial charge >= 0.3 is 0 Å². The van der Waals surface area contributed by atoms with E-state index in [-0.39, 0.29) is 0 Å². The summed E-state index contributed by atoms with van der Waals surface area (Å²) in [5.41, 5.74) is 1.31. The van der Waals surface area contributed by atoms with E-state index in [4.69, 9.17) is 0 Å². The molecule has 0 aromatic heterocycles. The third kappa shape index (κ3) is 2.56. The largest absolute Gasteiger partial charge is 0.251 e. The van der Waals surface area contributed by atoms with Crippen LogP contribution < -0.4 is 0 Å². The summed E-state index contributed by atoms with van der Waals surface area (Å²) >= 11 is 0. The van der Waals surface area contributed by atoms with Crippen LogP contribution in [-0.4, -0.2) is 17.2 Å². The Bertz CT molecular complexity index is 278. The van der Waals surface area contributed by atoms with Crippen LogP contribution in [0, 0.1) is 0 Å². The molecule has 0 unspecified atom stereocenters. The second-order valence-corrected chi connectivity index (χ2v) is 7.65. The smallest absolute Gasteiger partial charge is 0.146 e. The molecule has 2 rings (SSSR count). The average Bonchev–Trinajstić information content (AvgIpc) is 2.19. The predicted molar refractivity (Wildman–Crippen MR) is 62.9 cm³/mol. The van der Waals surface area contributed by atoms with Gasteiger partial charge in [0.15, 0.2) is 0 Å². The van der Waals surface area contributed by atoms with Crippen molar-refractivity contribution in [2.24, 2.45) is 0 Å². The van der Waals surface area contributed by atoms with Gasteiger partial charge in [-0.05, 0) is 24.8 Å². The van der Waals surface area contributed by atoms with Crippen molar-refractivity contribution in [1.82, 2.24) is 0 Å². The summed E-state index contributed by atoms with van der Waals surface area (Å²) in [6.07, 6.45) is 6.89. The van der Waals surface area contributed by atoms with Gasteiger partial charge in [0.2, 0.25) is 0 Å². The Balaban J connectivity index is 2.02. The van der Waals surface area contributed by atoms with Gasteiger partial charge in [-0.3, -0.25) is 4.89 Å². The zero-order valence-electron chi connectivity index (χ0n) is 8.52. The molecular weight excluding hydrogens is 191 g/mol. The molecule has 1 N–H and O–H groups in total.